The van der Waals surface area contributed by atoms with Crippen LogP contribution in [0.5, 0.6) is 0 Å². The second-order valence-electron chi connectivity index (χ2n) is 5.39. The molecule has 122 valence electrons. The van der Waals surface area contributed by atoms with Crippen molar-refractivity contribution in [2.75, 3.05) is 25.4 Å². The van der Waals surface area contributed by atoms with E-state index in [2.05, 4.69) is 25.7 Å². The van der Waals surface area contributed by atoms with Gasteiger partial charge in [0, 0.05) is 16.6 Å². The number of rotatable bonds is 4. The van der Waals surface area contributed by atoms with E-state index in [1.165, 1.54) is 19.6 Å². The molecule has 1 aromatic heterocycles. The van der Waals surface area contributed by atoms with Crippen LogP contribution in [-0.4, -0.2) is 24.5 Å². The Morgan fingerprint density at radius 1 is 0.870 bits per heavy atom. The van der Waals surface area contributed by atoms with Gasteiger partial charge in [-0.3, -0.25) is 0 Å². The molecule has 3 heteroatoms. The van der Waals surface area contributed by atoms with Crippen LogP contribution in [0, 0.1) is 0 Å². The third-order valence-corrected chi connectivity index (χ3v) is 3.94. The highest BCUT2D eigenvalue weighted by Crippen LogP contribution is 2.28. The highest BCUT2D eigenvalue weighted by atomic mass is 16.3. The van der Waals surface area contributed by atoms with Gasteiger partial charge in [0.05, 0.1) is 0 Å². The number of anilines is 1. The van der Waals surface area contributed by atoms with Crippen LogP contribution < -0.4 is 5.73 Å². The summed E-state index contributed by atoms with van der Waals surface area (Å²) in [5.74, 6) is 0.876. The molecule has 0 fully saturated rings. The molecule has 0 amide bonds. The van der Waals surface area contributed by atoms with Crippen LogP contribution in [0.2, 0.25) is 0 Å². The Morgan fingerprint density at radius 2 is 1.52 bits per heavy atom. The topological polar surface area (TPSA) is 42.4 Å². The smallest absolute Gasteiger partial charge is 0.135 e. The van der Waals surface area contributed by atoms with Gasteiger partial charge in [-0.05, 0) is 43.9 Å². The van der Waals surface area contributed by atoms with E-state index >= 15 is 0 Å². The summed E-state index contributed by atoms with van der Waals surface area (Å²) in [6, 6.07) is 17.7. The maximum Gasteiger partial charge on any atom is 0.135 e. The number of hydrogen-bond donors (Lipinski definition) is 1. The van der Waals surface area contributed by atoms with Crippen molar-refractivity contribution in [2.45, 2.75) is 20.8 Å². The van der Waals surface area contributed by atoms with Gasteiger partial charge in [-0.15, -0.1) is 0 Å². The number of nitrogen functional groups attached to an aromatic ring is 1. The molecule has 23 heavy (non-hydrogen) atoms. The standard InChI is InChI=1S/C14H11NO.C6H15N/c15-12-6-7-13-11(8-12)9-14(16-13)10-4-2-1-3-5-10;1-4-7(5-2)6-3/h1-9H,15H2;4-6H2,1-3H3. The molecule has 0 radical (unpaired) electrons. The van der Waals surface area contributed by atoms with Gasteiger partial charge in [0.15, 0.2) is 0 Å². The largest absolute Gasteiger partial charge is 0.456 e. The van der Waals surface area contributed by atoms with Crippen LogP contribution in [0.4, 0.5) is 5.69 Å². The van der Waals surface area contributed by atoms with Gasteiger partial charge < -0.3 is 15.1 Å². The van der Waals surface area contributed by atoms with Crippen molar-refractivity contribution < 1.29 is 4.42 Å². The molecule has 3 rings (SSSR count). The number of nitrogens with zero attached hydrogens (tertiary/aromatic N) is 1. The second kappa shape index (κ2) is 8.39. The summed E-state index contributed by atoms with van der Waals surface area (Å²) >= 11 is 0. The monoisotopic (exact) mass is 310 g/mol. The lowest BCUT2D eigenvalue weighted by Gasteiger charge is -2.13. The Balaban J connectivity index is 0.000000236. The minimum atomic E-state index is 0.757. The average molecular weight is 310 g/mol. The zero-order valence-corrected chi connectivity index (χ0v) is 14.3. The van der Waals surface area contributed by atoms with E-state index in [0.717, 1.165) is 28.0 Å². The SMILES string of the molecule is CCN(CC)CC.Nc1ccc2oc(-c3ccccc3)cc2c1. The fourth-order valence-electron chi connectivity index (χ4n) is 2.48. The first-order valence-electron chi connectivity index (χ1n) is 8.24. The molecule has 0 saturated carbocycles. The molecule has 0 atom stereocenters. The van der Waals surface area contributed by atoms with E-state index < -0.39 is 0 Å². The van der Waals surface area contributed by atoms with E-state index in [9.17, 15) is 0 Å². The Hall–Kier alpha value is -2.26. The summed E-state index contributed by atoms with van der Waals surface area (Å²) < 4.78 is 5.75. The van der Waals surface area contributed by atoms with E-state index in [1.807, 2.05) is 54.6 Å². The zero-order chi connectivity index (χ0) is 16.7. The van der Waals surface area contributed by atoms with Gasteiger partial charge in [0.1, 0.15) is 11.3 Å². The number of benzene rings is 2. The number of nitrogens with two attached hydrogens (primary N) is 1. The normalized spacial score (nSPS) is 10.6. The quantitative estimate of drug-likeness (QED) is 0.687. The summed E-state index contributed by atoms with van der Waals surface area (Å²) in [5, 5.41) is 1.04. The van der Waals surface area contributed by atoms with Crippen molar-refractivity contribution in [1.29, 1.82) is 0 Å². The number of furan rings is 1. The highest BCUT2D eigenvalue weighted by Gasteiger charge is 2.05. The lowest BCUT2D eigenvalue weighted by atomic mass is 10.1. The molecule has 0 saturated heterocycles. The summed E-state index contributed by atoms with van der Waals surface area (Å²) in [4.78, 5) is 2.38. The summed E-state index contributed by atoms with van der Waals surface area (Å²) in [5.41, 5.74) is 8.44. The Labute approximate surface area is 138 Å². The fourth-order valence-corrected chi connectivity index (χ4v) is 2.48. The number of hydrogen-bond acceptors (Lipinski definition) is 3. The first-order chi connectivity index (χ1) is 11.2. The summed E-state index contributed by atoms with van der Waals surface area (Å²) in [6.45, 7) is 10.1. The molecule has 0 spiro atoms. The van der Waals surface area contributed by atoms with Gasteiger partial charge in [-0.1, -0.05) is 51.1 Å². The Bertz CT molecular complexity index is 709. The van der Waals surface area contributed by atoms with Gasteiger partial charge in [-0.2, -0.15) is 0 Å². The lowest BCUT2D eigenvalue weighted by Crippen LogP contribution is -2.21. The number of fused-ring (bicyclic) bond motifs is 1. The molecular weight excluding hydrogens is 284 g/mol. The Kier molecular flexibility index (Phi) is 6.24. The van der Waals surface area contributed by atoms with Crippen molar-refractivity contribution in [3.8, 4) is 11.3 Å². The molecule has 1 heterocycles. The molecule has 0 aliphatic heterocycles. The molecule has 0 bridgehead atoms. The van der Waals surface area contributed by atoms with Crippen LogP contribution in [0.15, 0.2) is 59.0 Å². The molecule has 3 aromatic rings. The Morgan fingerprint density at radius 3 is 2.09 bits per heavy atom. The highest BCUT2D eigenvalue weighted by molar-refractivity contribution is 5.85. The maximum atomic E-state index is 5.75. The first-order valence-corrected chi connectivity index (χ1v) is 8.24. The van der Waals surface area contributed by atoms with Crippen molar-refractivity contribution >= 4 is 16.7 Å². The molecule has 3 nitrogen and oxygen atoms in total. The molecule has 0 aliphatic carbocycles. The van der Waals surface area contributed by atoms with Crippen molar-refractivity contribution in [3.05, 3.63) is 54.6 Å². The van der Waals surface area contributed by atoms with E-state index in [4.69, 9.17) is 10.2 Å². The third kappa shape index (κ3) is 4.60. The predicted molar refractivity (Wildman–Crippen MR) is 99.5 cm³/mol. The minimum Gasteiger partial charge on any atom is -0.456 e. The zero-order valence-electron chi connectivity index (χ0n) is 14.3. The van der Waals surface area contributed by atoms with Crippen molar-refractivity contribution in [3.63, 3.8) is 0 Å². The minimum absolute atomic E-state index is 0.757. The average Bonchev–Trinajstić information content (AvgIpc) is 3.01. The molecule has 2 N–H and O–H groups in total. The fraction of sp³-hybridized carbons (Fsp3) is 0.300. The van der Waals surface area contributed by atoms with Gasteiger partial charge in [0.2, 0.25) is 0 Å². The molecule has 0 unspecified atom stereocenters. The third-order valence-electron chi connectivity index (χ3n) is 3.94. The van der Waals surface area contributed by atoms with Gasteiger partial charge in [0.25, 0.3) is 0 Å². The molecular formula is C20H26N2O. The van der Waals surface area contributed by atoms with Crippen LogP contribution in [0.25, 0.3) is 22.3 Å². The van der Waals surface area contributed by atoms with Crippen LogP contribution in [-0.2, 0) is 0 Å². The summed E-state index contributed by atoms with van der Waals surface area (Å²) in [7, 11) is 0. The van der Waals surface area contributed by atoms with E-state index in [0.29, 0.717) is 0 Å². The molecule has 0 aliphatic rings. The van der Waals surface area contributed by atoms with E-state index in [-0.39, 0.29) is 0 Å². The predicted octanol–water partition coefficient (Wildman–Crippen LogP) is 5.03. The van der Waals surface area contributed by atoms with Crippen molar-refractivity contribution in [1.82, 2.24) is 4.90 Å². The van der Waals surface area contributed by atoms with Gasteiger partial charge in [-0.25, -0.2) is 0 Å². The second-order valence-corrected chi connectivity index (χ2v) is 5.39. The van der Waals surface area contributed by atoms with Crippen molar-refractivity contribution in [2.24, 2.45) is 0 Å². The van der Waals surface area contributed by atoms with Crippen LogP contribution >= 0.6 is 0 Å². The van der Waals surface area contributed by atoms with Crippen LogP contribution in [0.1, 0.15) is 20.8 Å². The maximum absolute atomic E-state index is 5.75. The van der Waals surface area contributed by atoms with E-state index in [1.54, 1.807) is 0 Å². The molecule has 2 aromatic carbocycles. The lowest BCUT2D eigenvalue weighted by molar-refractivity contribution is 0.321. The first kappa shape index (κ1) is 17.1. The van der Waals surface area contributed by atoms with Crippen LogP contribution in [0.3, 0.4) is 0 Å². The van der Waals surface area contributed by atoms with Gasteiger partial charge >= 0.3 is 0 Å². The summed E-state index contributed by atoms with van der Waals surface area (Å²) in [6.07, 6.45) is 0.